The standard InChI is InChI=1S/C23H28FN5O3/c1-6-29-20(30)14-19(15-7-8-18(25-5)17(24)13-15)27-21(29)28-11-9-16(10-12-28)26-22(31)32-23(2,3)4/h7-8,13-14,16H,6,9-12H2,1-4H3,(H,26,31). The van der Waals surface area contributed by atoms with Crippen molar-refractivity contribution in [1.29, 1.82) is 0 Å². The highest BCUT2D eigenvalue weighted by Gasteiger charge is 2.26. The lowest BCUT2D eigenvalue weighted by Crippen LogP contribution is -2.47. The lowest BCUT2D eigenvalue weighted by molar-refractivity contribution is 0.0497. The summed E-state index contributed by atoms with van der Waals surface area (Å²) in [5, 5.41) is 2.90. The number of hydrogen-bond donors (Lipinski definition) is 1. The maximum atomic E-state index is 14.1. The first-order valence-electron chi connectivity index (χ1n) is 10.6. The third-order valence-electron chi connectivity index (χ3n) is 5.17. The number of rotatable bonds is 4. The van der Waals surface area contributed by atoms with Crippen molar-refractivity contribution in [1.82, 2.24) is 14.9 Å². The molecule has 32 heavy (non-hydrogen) atoms. The number of carbonyl (C=O) groups excluding carboxylic acids is 1. The van der Waals surface area contributed by atoms with Crippen molar-refractivity contribution >= 4 is 17.7 Å². The molecule has 0 saturated carbocycles. The van der Waals surface area contributed by atoms with Crippen LogP contribution in [0, 0.1) is 12.4 Å². The lowest BCUT2D eigenvalue weighted by atomic mass is 10.1. The molecule has 1 aliphatic heterocycles. The fraction of sp³-hybridized carbons (Fsp3) is 0.478. The molecule has 1 amide bonds. The number of benzene rings is 1. The fourth-order valence-electron chi connectivity index (χ4n) is 3.64. The van der Waals surface area contributed by atoms with Gasteiger partial charge in [0.2, 0.25) is 11.6 Å². The lowest BCUT2D eigenvalue weighted by Gasteiger charge is -2.34. The number of anilines is 1. The van der Waals surface area contributed by atoms with Crippen LogP contribution in [0.4, 0.5) is 20.8 Å². The van der Waals surface area contributed by atoms with Gasteiger partial charge in [0.25, 0.3) is 5.56 Å². The van der Waals surface area contributed by atoms with Crippen LogP contribution in [-0.4, -0.2) is 40.4 Å². The first-order valence-corrected chi connectivity index (χ1v) is 10.6. The molecule has 0 spiro atoms. The van der Waals surface area contributed by atoms with Gasteiger partial charge in [0.1, 0.15) is 11.4 Å². The molecule has 1 saturated heterocycles. The van der Waals surface area contributed by atoms with Crippen LogP contribution in [0.5, 0.6) is 0 Å². The van der Waals surface area contributed by atoms with E-state index in [0.29, 0.717) is 49.7 Å². The zero-order chi connectivity index (χ0) is 23.5. The minimum Gasteiger partial charge on any atom is -0.444 e. The minimum absolute atomic E-state index is 0.0265. The fourth-order valence-corrected chi connectivity index (χ4v) is 3.64. The second kappa shape index (κ2) is 9.39. The van der Waals surface area contributed by atoms with Gasteiger partial charge in [-0.3, -0.25) is 9.36 Å². The molecular formula is C23H28FN5O3. The van der Waals surface area contributed by atoms with Crippen molar-refractivity contribution in [2.45, 2.75) is 58.7 Å². The summed E-state index contributed by atoms with van der Waals surface area (Å²) >= 11 is 0. The third-order valence-corrected chi connectivity index (χ3v) is 5.17. The normalized spacial score (nSPS) is 14.7. The Morgan fingerprint density at radius 3 is 2.56 bits per heavy atom. The average molecular weight is 442 g/mol. The Morgan fingerprint density at radius 1 is 1.31 bits per heavy atom. The average Bonchev–Trinajstić information content (AvgIpc) is 2.72. The quantitative estimate of drug-likeness (QED) is 0.722. The van der Waals surface area contributed by atoms with Crippen LogP contribution in [0.25, 0.3) is 16.1 Å². The van der Waals surface area contributed by atoms with Crippen molar-refractivity contribution in [3.05, 3.63) is 51.9 Å². The Bertz CT molecular complexity index is 1090. The maximum absolute atomic E-state index is 14.1. The number of carbonyl (C=O) groups is 1. The SMILES string of the molecule is [C-]#[N+]c1ccc(-c2cc(=O)n(CC)c(N3CCC(NC(=O)OC(C)(C)C)CC3)n2)cc1F. The highest BCUT2D eigenvalue weighted by molar-refractivity contribution is 5.68. The smallest absolute Gasteiger partial charge is 0.407 e. The zero-order valence-electron chi connectivity index (χ0n) is 18.8. The van der Waals surface area contributed by atoms with Crippen LogP contribution in [0.2, 0.25) is 0 Å². The molecule has 1 N–H and O–H groups in total. The Hall–Kier alpha value is -3.41. The van der Waals surface area contributed by atoms with Gasteiger partial charge in [0, 0.05) is 37.3 Å². The van der Waals surface area contributed by atoms with Gasteiger partial charge in [-0.2, -0.15) is 0 Å². The molecule has 1 aliphatic rings. The highest BCUT2D eigenvalue weighted by Crippen LogP contribution is 2.26. The number of nitrogens with zero attached hydrogens (tertiary/aromatic N) is 4. The van der Waals surface area contributed by atoms with Gasteiger partial charge in [-0.1, -0.05) is 12.1 Å². The van der Waals surface area contributed by atoms with E-state index in [4.69, 9.17) is 11.3 Å². The molecule has 9 heteroatoms. The van der Waals surface area contributed by atoms with Crippen molar-refractivity contribution in [2.24, 2.45) is 0 Å². The number of halogens is 1. The van der Waals surface area contributed by atoms with Gasteiger partial charge in [-0.05, 0) is 46.6 Å². The molecule has 0 aliphatic carbocycles. The number of nitrogens with one attached hydrogen (secondary N) is 1. The summed E-state index contributed by atoms with van der Waals surface area (Å²) in [5.41, 5.74) is -0.0533. The number of alkyl carbamates (subject to hydrolysis) is 1. The summed E-state index contributed by atoms with van der Waals surface area (Å²) < 4.78 is 21.0. The van der Waals surface area contributed by atoms with E-state index >= 15 is 0 Å². The summed E-state index contributed by atoms with van der Waals surface area (Å²) in [4.78, 5) is 34.6. The first kappa shape index (κ1) is 23.3. The summed E-state index contributed by atoms with van der Waals surface area (Å²) in [7, 11) is 0. The third kappa shape index (κ3) is 5.44. The topological polar surface area (TPSA) is 80.8 Å². The molecule has 170 valence electrons. The van der Waals surface area contributed by atoms with Crippen LogP contribution in [0.15, 0.2) is 29.1 Å². The predicted octanol–water partition coefficient (Wildman–Crippen LogP) is 4.11. The molecule has 8 nitrogen and oxygen atoms in total. The number of ether oxygens (including phenoxy) is 1. The molecule has 0 bridgehead atoms. The number of hydrogen-bond acceptors (Lipinski definition) is 5. The van der Waals surface area contributed by atoms with E-state index in [-0.39, 0.29) is 17.3 Å². The molecular weight excluding hydrogens is 413 g/mol. The zero-order valence-corrected chi connectivity index (χ0v) is 18.8. The van der Waals surface area contributed by atoms with E-state index in [1.54, 1.807) is 10.6 Å². The van der Waals surface area contributed by atoms with E-state index in [0.717, 1.165) is 0 Å². The van der Waals surface area contributed by atoms with Gasteiger partial charge >= 0.3 is 6.09 Å². The van der Waals surface area contributed by atoms with Crippen molar-refractivity contribution in [3.63, 3.8) is 0 Å². The Balaban J connectivity index is 1.80. The second-order valence-corrected chi connectivity index (χ2v) is 8.71. The largest absolute Gasteiger partial charge is 0.444 e. The molecule has 0 radical (unpaired) electrons. The molecule has 2 heterocycles. The first-order chi connectivity index (χ1) is 15.1. The Labute approximate surface area is 186 Å². The van der Waals surface area contributed by atoms with Crippen molar-refractivity contribution < 1.29 is 13.9 Å². The molecule has 1 aromatic heterocycles. The maximum Gasteiger partial charge on any atom is 0.407 e. The molecule has 1 fully saturated rings. The summed E-state index contributed by atoms with van der Waals surface area (Å²) in [5.74, 6) is -0.130. The van der Waals surface area contributed by atoms with Crippen LogP contribution in [0.3, 0.4) is 0 Å². The molecule has 0 unspecified atom stereocenters. The van der Waals surface area contributed by atoms with Gasteiger partial charge in [0.15, 0.2) is 0 Å². The molecule has 2 aromatic rings. The highest BCUT2D eigenvalue weighted by atomic mass is 19.1. The number of piperidine rings is 1. The molecule has 1 aromatic carbocycles. The predicted molar refractivity (Wildman–Crippen MR) is 120 cm³/mol. The van der Waals surface area contributed by atoms with E-state index in [1.165, 1.54) is 18.2 Å². The van der Waals surface area contributed by atoms with Gasteiger partial charge in [-0.15, -0.1) is 0 Å². The monoisotopic (exact) mass is 441 g/mol. The minimum atomic E-state index is -0.644. The number of aromatic nitrogens is 2. The van der Waals surface area contributed by atoms with Crippen LogP contribution in [-0.2, 0) is 11.3 Å². The number of amides is 1. The van der Waals surface area contributed by atoms with Crippen LogP contribution < -0.4 is 15.8 Å². The molecule has 3 rings (SSSR count). The molecule has 0 atom stereocenters. The van der Waals surface area contributed by atoms with E-state index < -0.39 is 17.5 Å². The van der Waals surface area contributed by atoms with Crippen LogP contribution >= 0.6 is 0 Å². The summed E-state index contributed by atoms with van der Waals surface area (Å²) in [6, 6.07) is 5.57. The van der Waals surface area contributed by atoms with Crippen molar-refractivity contribution in [3.8, 4) is 11.3 Å². The van der Waals surface area contributed by atoms with Crippen LogP contribution in [0.1, 0.15) is 40.5 Å². The van der Waals surface area contributed by atoms with Crippen molar-refractivity contribution in [2.75, 3.05) is 18.0 Å². The Kier molecular flexibility index (Phi) is 6.82. The van der Waals surface area contributed by atoms with Gasteiger partial charge < -0.3 is 15.0 Å². The van der Waals surface area contributed by atoms with E-state index in [9.17, 15) is 14.0 Å². The van der Waals surface area contributed by atoms with Gasteiger partial charge in [0.05, 0.1) is 12.3 Å². The summed E-state index contributed by atoms with van der Waals surface area (Å²) in [6.45, 7) is 16.0. The van der Waals surface area contributed by atoms with E-state index in [2.05, 4.69) is 15.1 Å². The summed E-state index contributed by atoms with van der Waals surface area (Å²) in [6.07, 6.45) is 0.917. The Morgan fingerprint density at radius 2 is 2.00 bits per heavy atom. The van der Waals surface area contributed by atoms with E-state index in [1.807, 2.05) is 32.6 Å². The second-order valence-electron chi connectivity index (χ2n) is 8.71. The van der Waals surface area contributed by atoms with Gasteiger partial charge in [-0.25, -0.2) is 19.0 Å².